The minimum absolute atomic E-state index is 0.593. The van der Waals surface area contributed by atoms with Crippen LogP contribution in [0, 0.1) is 0 Å². The molecule has 1 aliphatic rings. The molecule has 0 aromatic carbocycles. The van der Waals surface area contributed by atoms with Crippen LogP contribution in [0.5, 0.6) is 0 Å². The van der Waals surface area contributed by atoms with Gasteiger partial charge in [-0.05, 0) is 12.8 Å². The number of aromatic nitrogens is 2. The van der Waals surface area contributed by atoms with Gasteiger partial charge in [0.1, 0.15) is 5.82 Å². The molecule has 1 aromatic heterocycles. The Kier molecular flexibility index (Phi) is 2.87. The van der Waals surface area contributed by atoms with E-state index in [1.807, 2.05) is 6.20 Å². The monoisotopic (exact) mass is 193 g/mol. The number of hydrogen-bond acceptors (Lipinski definition) is 2. The third kappa shape index (κ3) is 1.69. The number of imidazole rings is 1. The average Bonchev–Trinajstić information content (AvgIpc) is 2.61. The van der Waals surface area contributed by atoms with Crippen molar-refractivity contribution in [2.24, 2.45) is 12.8 Å². The van der Waals surface area contributed by atoms with Crippen molar-refractivity contribution in [3.05, 3.63) is 17.7 Å². The number of nitrogens with zero attached hydrogens (tertiary/aromatic N) is 2. The molecule has 1 heterocycles. The van der Waals surface area contributed by atoms with Gasteiger partial charge in [0, 0.05) is 25.7 Å². The number of hydrogen-bond donors (Lipinski definition) is 1. The van der Waals surface area contributed by atoms with Crippen molar-refractivity contribution in [3.63, 3.8) is 0 Å². The Labute approximate surface area is 85.3 Å². The second kappa shape index (κ2) is 4.13. The van der Waals surface area contributed by atoms with E-state index in [-0.39, 0.29) is 0 Å². The molecule has 0 saturated heterocycles. The second-order valence-electron chi connectivity index (χ2n) is 4.21. The lowest BCUT2D eigenvalue weighted by atomic mass is 9.89. The zero-order valence-corrected chi connectivity index (χ0v) is 8.87. The van der Waals surface area contributed by atoms with Crippen molar-refractivity contribution in [2.45, 2.75) is 44.6 Å². The van der Waals surface area contributed by atoms with Gasteiger partial charge in [0.15, 0.2) is 0 Å². The van der Waals surface area contributed by atoms with Gasteiger partial charge in [-0.1, -0.05) is 19.3 Å². The highest BCUT2D eigenvalue weighted by molar-refractivity contribution is 5.09. The molecule has 2 N–H and O–H groups in total. The SMILES string of the molecule is Cn1c(CN)cnc1C1CCCCC1. The fourth-order valence-corrected chi connectivity index (χ4v) is 2.39. The highest BCUT2D eigenvalue weighted by Crippen LogP contribution is 2.31. The van der Waals surface area contributed by atoms with E-state index in [9.17, 15) is 0 Å². The van der Waals surface area contributed by atoms with E-state index < -0.39 is 0 Å². The number of nitrogens with two attached hydrogens (primary N) is 1. The Morgan fingerprint density at radius 1 is 1.43 bits per heavy atom. The van der Waals surface area contributed by atoms with Crippen LogP contribution in [0.2, 0.25) is 0 Å². The van der Waals surface area contributed by atoms with Crippen LogP contribution in [0.4, 0.5) is 0 Å². The predicted molar refractivity (Wildman–Crippen MR) is 56.9 cm³/mol. The van der Waals surface area contributed by atoms with Crippen LogP contribution in [0.25, 0.3) is 0 Å². The minimum Gasteiger partial charge on any atom is -0.334 e. The van der Waals surface area contributed by atoms with Crippen LogP contribution in [0.15, 0.2) is 6.20 Å². The molecule has 3 nitrogen and oxygen atoms in total. The van der Waals surface area contributed by atoms with Crippen LogP contribution in [-0.4, -0.2) is 9.55 Å². The van der Waals surface area contributed by atoms with Crippen LogP contribution in [0.3, 0.4) is 0 Å². The molecular formula is C11H19N3. The number of rotatable bonds is 2. The van der Waals surface area contributed by atoms with Gasteiger partial charge in [0.05, 0.1) is 5.69 Å². The smallest absolute Gasteiger partial charge is 0.111 e. The van der Waals surface area contributed by atoms with Gasteiger partial charge in [0.2, 0.25) is 0 Å². The summed E-state index contributed by atoms with van der Waals surface area (Å²) >= 11 is 0. The van der Waals surface area contributed by atoms with E-state index in [2.05, 4.69) is 16.6 Å². The Hall–Kier alpha value is -0.830. The van der Waals surface area contributed by atoms with Crippen molar-refractivity contribution < 1.29 is 0 Å². The maximum Gasteiger partial charge on any atom is 0.111 e. The summed E-state index contributed by atoms with van der Waals surface area (Å²) in [6.07, 6.45) is 8.63. The molecule has 0 spiro atoms. The van der Waals surface area contributed by atoms with E-state index in [1.54, 1.807) is 0 Å². The summed E-state index contributed by atoms with van der Waals surface area (Å²) in [5.74, 6) is 1.92. The quantitative estimate of drug-likeness (QED) is 0.780. The van der Waals surface area contributed by atoms with Crippen molar-refractivity contribution in [1.29, 1.82) is 0 Å². The van der Waals surface area contributed by atoms with Crippen molar-refractivity contribution in [3.8, 4) is 0 Å². The van der Waals surface area contributed by atoms with Gasteiger partial charge in [-0.15, -0.1) is 0 Å². The highest BCUT2D eigenvalue weighted by atomic mass is 15.1. The van der Waals surface area contributed by atoms with Crippen molar-refractivity contribution >= 4 is 0 Å². The zero-order valence-electron chi connectivity index (χ0n) is 8.87. The maximum atomic E-state index is 5.63. The lowest BCUT2D eigenvalue weighted by molar-refractivity contribution is 0.420. The fraction of sp³-hybridized carbons (Fsp3) is 0.727. The van der Waals surface area contributed by atoms with Gasteiger partial charge in [-0.2, -0.15) is 0 Å². The standard InChI is InChI=1S/C11H19N3/c1-14-10(7-12)8-13-11(14)9-5-3-2-4-6-9/h8-9H,2-7,12H2,1H3. The molecule has 0 aliphatic heterocycles. The van der Waals surface area contributed by atoms with Crippen LogP contribution >= 0.6 is 0 Å². The summed E-state index contributed by atoms with van der Waals surface area (Å²) < 4.78 is 2.18. The lowest BCUT2D eigenvalue weighted by Crippen LogP contribution is -2.12. The largest absolute Gasteiger partial charge is 0.334 e. The predicted octanol–water partition coefficient (Wildman–Crippen LogP) is 1.93. The summed E-state index contributed by atoms with van der Waals surface area (Å²) in [6, 6.07) is 0. The summed E-state index contributed by atoms with van der Waals surface area (Å²) in [4.78, 5) is 4.49. The van der Waals surface area contributed by atoms with Gasteiger partial charge in [-0.3, -0.25) is 0 Å². The summed E-state index contributed by atoms with van der Waals surface area (Å²) in [5.41, 5.74) is 6.78. The summed E-state index contributed by atoms with van der Waals surface area (Å²) in [7, 11) is 2.08. The van der Waals surface area contributed by atoms with Gasteiger partial charge in [-0.25, -0.2) is 4.98 Å². The Bertz CT molecular complexity index is 297. The Morgan fingerprint density at radius 3 is 2.71 bits per heavy atom. The molecule has 0 atom stereocenters. The summed E-state index contributed by atoms with van der Waals surface area (Å²) in [6.45, 7) is 0.593. The normalized spacial score (nSPS) is 18.7. The first kappa shape index (κ1) is 9.71. The van der Waals surface area contributed by atoms with Gasteiger partial charge < -0.3 is 10.3 Å². The highest BCUT2D eigenvalue weighted by Gasteiger charge is 2.19. The molecule has 1 aromatic rings. The molecule has 0 bridgehead atoms. The topological polar surface area (TPSA) is 43.8 Å². The first-order chi connectivity index (χ1) is 6.83. The lowest BCUT2D eigenvalue weighted by Gasteiger charge is -2.21. The van der Waals surface area contributed by atoms with Crippen LogP contribution in [0.1, 0.15) is 49.5 Å². The molecule has 2 rings (SSSR count). The molecule has 0 radical (unpaired) electrons. The Balaban J connectivity index is 2.18. The third-order valence-electron chi connectivity index (χ3n) is 3.30. The van der Waals surface area contributed by atoms with Crippen molar-refractivity contribution in [2.75, 3.05) is 0 Å². The first-order valence-electron chi connectivity index (χ1n) is 5.53. The van der Waals surface area contributed by atoms with E-state index in [1.165, 1.54) is 37.9 Å². The molecule has 3 heteroatoms. The van der Waals surface area contributed by atoms with E-state index in [0.717, 1.165) is 5.69 Å². The molecule has 14 heavy (non-hydrogen) atoms. The average molecular weight is 193 g/mol. The van der Waals surface area contributed by atoms with Crippen LogP contribution in [-0.2, 0) is 13.6 Å². The summed E-state index contributed by atoms with van der Waals surface area (Å²) in [5, 5.41) is 0. The molecule has 1 saturated carbocycles. The van der Waals surface area contributed by atoms with Crippen LogP contribution < -0.4 is 5.73 Å². The zero-order chi connectivity index (χ0) is 9.97. The first-order valence-corrected chi connectivity index (χ1v) is 5.53. The van der Waals surface area contributed by atoms with E-state index in [0.29, 0.717) is 12.5 Å². The molecule has 1 fully saturated rings. The van der Waals surface area contributed by atoms with E-state index in [4.69, 9.17) is 5.73 Å². The maximum absolute atomic E-state index is 5.63. The Morgan fingerprint density at radius 2 is 2.14 bits per heavy atom. The molecule has 1 aliphatic carbocycles. The van der Waals surface area contributed by atoms with Gasteiger partial charge >= 0.3 is 0 Å². The third-order valence-corrected chi connectivity index (χ3v) is 3.30. The van der Waals surface area contributed by atoms with Gasteiger partial charge in [0.25, 0.3) is 0 Å². The molecule has 0 amide bonds. The van der Waals surface area contributed by atoms with E-state index >= 15 is 0 Å². The molecule has 0 unspecified atom stereocenters. The molecular weight excluding hydrogens is 174 g/mol. The molecule has 78 valence electrons. The second-order valence-corrected chi connectivity index (χ2v) is 4.21. The van der Waals surface area contributed by atoms with Crippen molar-refractivity contribution in [1.82, 2.24) is 9.55 Å². The fourth-order valence-electron chi connectivity index (χ4n) is 2.39. The minimum atomic E-state index is 0.593.